The number of likely N-dealkylation sites (N-methyl/N-ethyl adjacent to an activating group) is 1. The van der Waals surface area contributed by atoms with Gasteiger partial charge in [0.1, 0.15) is 13.2 Å². The second-order valence-corrected chi connectivity index (χ2v) is 20.0. The first-order valence-corrected chi connectivity index (χ1v) is 27.0. The van der Waals surface area contributed by atoms with Crippen molar-refractivity contribution in [3.05, 3.63) is 48.6 Å². The van der Waals surface area contributed by atoms with Gasteiger partial charge >= 0.3 is 7.82 Å². The Hall–Kier alpha value is -1.54. The monoisotopic (exact) mass is 880 g/mol. The number of amides is 1. The van der Waals surface area contributed by atoms with Crippen LogP contribution in [0.2, 0.25) is 0 Å². The van der Waals surface area contributed by atoms with Gasteiger partial charge in [-0.15, -0.1) is 0 Å². The summed E-state index contributed by atoms with van der Waals surface area (Å²) >= 11 is 0. The van der Waals surface area contributed by atoms with Gasteiger partial charge in [0, 0.05) is 6.42 Å². The van der Waals surface area contributed by atoms with Gasteiger partial charge in [-0.2, -0.15) is 0 Å². The lowest BCUT2D eigenvalue weighted by atomic mass is 10.0. The minimum atomic E-state index is -4.31. The number of rotatable bonds is 46. The van der Waals surface area contributed by atoms with E-state index in [1.54, 1.807) is 0 Å². The Labute approximate surface area is 378 Å². The SMILES string of the molecule is CC/C=C\C/C=C\C/C=C\C/C=C\CCCCCCCCCCCCCCCCCCC(=O)NC(COP(=O)(O)OCC[N+](C)(C)C)C(O)CCCCCCCCCCCC. The van der Waals surface area contributed by atoms with E-state index in [2.05, 4.69) is 67.8 Å². The number of carbonyl (C=O) groups is 1. The lowest BCUT2D eigenvalue weighted by molar-refractivity contribution is -0.870. The van der Waals surface area contributed by atoms with E-state index in [1.165, 1.54) is 135 Å². The number of carbonyl (C=O) groups excluding carboxylic acids is 1. The Morgan fingerprint density at radius 2 is 0.984 bits per heavy atom. The Morgan fingerprint density at radius 3 is 1.44 bits per heavy atom. The first-order valence-electron chi connectivity index (χ1n) is 25.5. The van der Waals surface area contributed by atoms with Crippen molar-refractivity contribution in [3.8, 4) is 0 Å². The van der Waals surface area contributed by atoms with Gasteiger partial charge in [-0.05, 0) is 51.4 Å². The smallest absolute Gasteiger partial charge is 0.391 e. The summed E-state index contributed by atoms with van der Waals surface area (Å²) in [5, 5.41) is 13.9. The number of phosphoric ester groups is 1. The molecule has 61 heavy (non-hydrogen) atoms. The van der Waals surface area contributed by atoms with Crippen LogP contribution in [0.25, 0.3) is 0 Å². The van der Waals surface area contributed by atoms with E-state index in [9.17, 15) is 19.4 Å². The summed E-state index contributed by atoms with van der Waals surface area (Å²) < 4.78 is 23.6. The van der Waals surface area contributed by atoms with Crippen LogP contribution in [0.15, 0.2) is 48.6 Å². The van der Waals surface area contributed by atoms with Crippen molar-refractivity contribution in [2.45, 2.75) is 238 Å². The van der Waals surface area contributed by atoms with Crippen molar-refractivity contribution in [3.63, 3.8) is 0 Å². The Morgan fingerprint density at radius 1 is 0.574 bits per heavy atom. The van der Waals surface area contributed by atoms with Crippen LogP contribution in [-0.4, -0.2) is 73.4 Å². The number of phosphoric acid groups is 1. The number of hydrogen-bond acceptors (Lipinski definition) is 5. The zero-order valence-electron chi connectivity index (χ0n) is 40.7. The van der Waals surface area contributed by atoms with E-state index in [0.29, 0.717) is 23.9 Å². The molecule has 0 aliphatic rings. The van der Waals surface area contributed by atoms with Gasteiger partial charge in [0.25, 0.3) is 0 Å². The van der Waals surface area contributed by atoms with Gasteiger partial charge in [-0.25, -0.2) is 4.57 Å². The van der Waals surface area contributed by atoms with Crippen LogP contribution >= 0.6 is 7.82 Å². The highest BCUT2D eigenvalue weighted by Crippen LogP contribution is 2.43. The summed E-state index contributed by atoms with van der Waals surface area (Å²) in [6.07, 6.45) is 55.9. The van der Waals surface area contributed by atoms with E-state index in [1.807, 2.05) is 21.1 Å². The fourth-order valence-corrected chi connectivity index (χ4v) is 8.07. The molecule has 0 aromatic heterocycles. The van der Waals surface area contributed by atoms with Gasteiger partial charge in [-0.3, -0.25) is 13.8 Å². The third kappa shape index (κ3) is 46.3. The fraction of sp³-hybridized carbons (Fsp3) is 0.827. The molecule has 9 heteroatoms. The molecule has 3 unspecified atom stereocenters. The van der Waals surface area contributed by atoms with Crippen LogP contribution in [0.5, 0.6) is 0 Å². The second kappa shape index (κ2) is 43.7. The molecule has 0 fully saturated rings. The quantitative estimate of drug-likeness (QED) is 0.0243. The number of unbranched alkanes of at least 4 members (excludes halogenated alkanes) is 25. The second-order valence-electron chi connectivity index (χ2n) is 18.5. The number of nitrogens with zero attached hydrogens (tertiary/aromatic N) is 1. The van der Waals surface area contributed by atoms with Crippen LogP contribution < -0.4 is 5.32 Å². The lowest BCUT2D eigenvalue weighted by Crippen LogP contribution is -2.46. The van der Waals surface area contributed by atoms with E-state index in [-0.39, 0.29) is 19.1 Å². The van der Waals surface area contributed by atoms with Crippen molar-refractivity contribution in [2.24, 2.45) is 0 Å². The molecule has 1 amide bonds. The molecular weight excluding hydrogens is 780 g/mol. The maximum atomic E-state index is 12.9. The molecule has 0 heterocycles. The first kappa shape index (κ1) is 59.5. The fourth-order valence-electron chi connectivity index (χ4n) is 7.33. The number of nitrogens with one attached hydrogen (secondary N) is 1. The molecule has 0 radical (unpaired) electrons. The van der Waals surface area contributed by atoms with Crippen molar-refractivity contribution < 1.29 is 32.9 Å². The third-order valence-electron chi connectivity index (χ3n) is 11.3. The minimum Gasteiger partial charge on any atom is -0.391 e. The maximum Gasteiger partial charge on any atom is 0.472 e. The van der Waals surface area contributed by atoms with Crippen molar-refractivity contribution in [2.75, 3.05) is 40.9 Å². The van der Waals surface area contributed by atoms with Crippen LogP contribution in [0.4, 0.5) is 0 Å². The summed E-state index contributed by atoms with van der Waals surface area (Å²) in [6, 6.07) is -0.758. The van der Waals surface area contributed by atoms with Crippen LogP contribution in [0.1, 0.15) is 226 Å². The standard InChI is InChI=1S/C52H99N2O6P/c1-6-8-10-12-14-16-18-19-20-21-22-23-24-25-26-27-28-29-30-31-32-33-34-35-36-38-40-42-44-46-52(56)53-50(49-60-61(57,58)59-48-47-54(3,4)5)51(55)45-43-41-39-37-17-15-13-11-9-7-2/h8,10,14,16,19-20,22-23,50-51,55H,6-7,9,11-13,15,17-18,21,24-49H2,1-5H3,(H-,53,56,57,58)/p+1/b10-8-,16-14-,20-19-,23-22-. The molecule has 0 aromatic rings. The number of allylic oxidation sites excluding steroid dienone is 8. The molecule has 0 aromatic carbocycles. The lowest BCUT2D eigenvalue weighted by Gasteiger charge is -2.26. The topological polar surface area (TPSA) is 105 Å². The van der Waals surface area contributed by atoms with Gasteiger partial charge in [0.05, 0.1) is 39.9 Å². The van der Waals surface area contributed by atoms with Crippen molar-refractivity contribution in [1.29, 1.82) is 0 Å². The van der Waals surface area contributed by atoms with Crippen molar-refractivity contribution in [1.82, 2.24) is 5.32 Å². The number of aliphatic hydroxyl groups is 1. The minimum absolute atomic E-state index is 0.0745. The van der Waals surface area contributed by atoms with Crippen LogP contribution in [0, 0.1) is 0 Å². The zero-order chi connectivity index (χ0) is 45.0. The molecule has 8 nitrogen and oxygen atoms in total. The van der Waals surface area contributed by atoms with Crippen LogP contribution in [0.3, 0.4) is 0 Å². The summed E-state index contributed by atoms with van der Waals surface area (Å²) in [6.45, 7) is 4.76. The summed E-state index contributed by atoms with van der Waals surface area (Å²) in [4.78, 5) is 23.2. The van der Waals surface area contributed by atoms with E-state index in [0.717, 1.165) is 64.2 Å². The highest BCUT2D eigenvalue weighted by molar-refractivity contribution is 7.47. The zero-order valence-corrected chi connectivity index (χ0v) is 41.5. The van der Waals surface area contributed by atoms with Crippen LogP contribution in [-0.2, 0) is 18.4 Å². The Kier molecular flexibility index (Phi) is 42.6. The average molecular weight is 880 g/mol. The van der Waals surface area contributed by atoms with Gasteiger partial charge < -0.3 is 19.8 Å². The third-order valence-corrected chi connectivity index (χ3v) is 12.3. The number of quaternary nitrogens is 1. The molecule has 3 atom stereocenters. The van der Waals surface area contributed by atoms with Gasteiger partial charge in [0.15, 0.2) is 0 Å². The van der Waals surface area contributed by atoms with E-state index >= 15 is 0 Å². The maximum absolute atomic E-state index is 12.9. The van der Waals surface area contributed by atoms with E-state index in [4.69, 9.17) is 9.05 Å². The van der Waals surface area contributed by atoms with Gasteiger partial charge in [-0.1, -0.05) is 217 Å². The summed E-state index contributed by atoms with van der Waals surface area (Å²) in [5.41, 5.74) is 0. The van der Waals surface area contributed by atoms with Gasteiger partial charge in [0.2, 0.25) is 5.91 Å². The normalized spacial score (nSPS) is 14.5. The largest absolute Gasteiger partial charge is 0.472 e. The van der Waals surface area contributed by atoms with Crippen molar-refractivity contribution >= 4 is 13.7 Å². The molecule has 0 aliphatic heterocycles. The number of aliphatic hydroxyl groups excluding tert-OH is 1. The molecule has 0 aliphatic carbocycles. The van der Waals surface area contributed by atoms with E-state index < -0.39 is 20.0 Å². The predicted molar refractivity (Wildman–Crippen MR) is 263 cm³/mol. The molecule has 3 N–H and O–H groups in total. The molecule has 0 rings (SSSR count). The number of hydrogen-bond donors (Lipinski definition) is 3. The Bertz CT molecular complexity index is 1130. The molecule has 0 spiro atoms. The first-order chi connectivity index (χ1) is 29.5. The molecule has 0 saturated carbocycles. The molecule has 358 valence electrons. The highest BCUT2D eigenvalue weighted by atomic mass is 31.2. The average Bonchev–Trinajstić information content (AvgIpc) is 3.21. The Balaban J connectivity index is 4.04. The summed E-state index contributed by atoms with van der Waals surface area (Å²) in [7, 11) is 1.62. The summed E-state index contributed by atoms with van der Waals surface area (Å²) in [5.74, 6) is -0.146. The molecule has 0 saturated heterocycles. The predicted octanol–water partition coefficient (Wildman–Crippen LogP) is 14.8. The molecular formula is C52H100N2O6P+. The molecule has 0 bridgehead atoms. The highest BCUT2D eigenvalue weighted by Gasteiger charge is 2.28.